The molecule has 1 aromatic carbocycles. The lowest BCUT2D eigenvalue weighted by atomic mass is 10.1. The van der Waals surface area contributed by atoms with Crippen LogP contribution in [-0.2, 0) is 19.5 Å². The van der Waals surface area contributed by atoms with E-state index in [9.17, 15) is 0 Å². The minimum Gasteiger partial charge on any atom is -0.357 e. The van der Waals surface area contributed by atoms with Crippen LogP contribution in [0.5, 0.6) is 0 Å². The molecule has 0 aliphatic heterocycles. The van der Waals surface area contributed by atoms with Gasteiger partial charge in [0.1, 0.15) is 5.82 Å². The molecule has 148 valence electrons. The second kappa shape index (κ2) is 10.0. The van der Waals surface area contributed by atoms with E-state index in [1.54, 1.807) is 11.3 Å². The van der Waals surface area contributed by atoms with Crippen LogP contribution < -0.4 is 10.6 Å². The number of nitrogens with one attached hydrogen (secondary N) is 2. The molecule has 7 heteroatoms. The quantitative estimate of drug-likeness (QED) is 0.453. The van der Waals surface area contributed by atoms with Crippen molar-refractivity contribution < 1.29 is 0 Å². The van der Waals surface area contributed by atoms with E-state index in [2.05, 4.69) is 61.7 Å². The van der Waals surface area contributed by atoms with E-state index < -0.39 is 0 Å². The maximum atomic E-state index is 4.73. The predicted molar refractivity (Wildman–Crippen MR) is 116 cm³/mol. The van der Waals surface area contributed by atoms with Crippen LogP contribution in [0, 0.1) is 13.8 Å². The highest BCUT2D eigenvalue weighted by Gasteiger charge is 2.03. The van der Waals surface area contributed by atoms with Crippen molar-refractivity contribution in [2.24, 2.45) is 4.99 Å². The highest BCUT2D eigenvalue weighted by Crippen LogP contribution is 2.10. The number of hydrogen-bond acceptors (Lipinski definition) is 4. The fourth-order valence-corrected chi connectivity index (χ4v) is 3.59. The number of aryl methyl sites for hydroxylation is 2. The summed E-state index contributed by atoms with van der Waals surface area (Å²) in [5.74, 6) is 1.86. The first-order valence-electron chi connectivity index (χ1n) is 9.62. The summed E-state index contributed by atoms with van der Waals surface area (Å²) in [5.41, 5.74) is 3.58. The first-order chi connectivity index (χ1) is 13.6. The molecular weight excluding hydrogens is 368 g/mol. The molecule has 3 rings (SSSR count). The maximum Gasteiger partial charge on any atom is 0.191 e. The Morgan fingerprint density at radius 3 is 2.79 bits per heavy atom. The Labute approximate surface area is 170 Å². The van der Waals surface area contributed by atoms with Crippen molar-refractivity contribution in [3.05, 3.63) is 69.7 Å². The maximum absolute atomic E-state index is 4.73. The molecule has 2 N–H and O–H groups in total. The Bertz CT molecular complexity index is 911. The average Bonchev–Trinajstić information content (AvgIpc) is 3.28. The van der Waals surface area contributed by atoms with E-state index >= 15 is 0 Å². The lowest BCUT2D eigenvalue weighted by Crippen LogP contribution is -2.38. The molecule has 0 atom stereocenters. The molecule has 2 aromatic heterocycles. The summed E-state index contributed by atoms with van der Waals surface area (Å²) in [7, 11) is 0. The summed E-state index contributed by atoms with van der Waals surface area (Å²) in [6, 6.07) is 8.57. The molecule has 28 heavy (non-hydrogen) atoms. The monoisotopic (exact) mass is 396 g/mol. The molecule has 0 aliphatic carbocycles. The van der Waals surface area contributed by atoms with Crippen LogP contribution in [-0.4, -0.2) is 33.6 Å². The van der Waals surface area contributed by atoms with Crippen molar-refractivity contribution >= 4 is 17.3 Å². The Hall–Kier alpha value is -2.67. The molecule has 0 radical (unpaired) electrons. The Kier molecular flexibility index (Phi) is 7.19. The van der Waals surface area contributed by atoms with Crippen LogP contribution in [0.3, 0.4) is 0 Å². The SMILES string of the molecule is CCNC(=NCc1cccc(Cn2ccnc2C)c1)NCCc1csc(C)n1. The number of aromatic nitrogens is 3. The summed E-state index contributed by atoms with van der Waals surface area (Å²) in [6.07, 6.45) is 4.75. The fourth-order valence-electron chi connectivity index (χ4n) is 2.94. The normalized spacial score (nSPS) is 11.6. The number of rotatable bonds is 8. The summed E-state index contributed by atoms with van der Waals surface area (Å²) in [5, 5.41) is 9.94. The molecular formula is C21H28N6S. The molecule has 0 fully saturated rings. The number of benzene rings is 1. The minimum absolute atomic E-state index is 0.641. The summed E-state index contributed by atoms with van der Waals surface area (Å²) >= 11 is 1.69. The van der Waals surface area contributed by atoms with Gasteiger partial charge in [-0.3, -0.25) is 0 Å². The summed E-state index contributed by atoms with van der Waals surface area (Å²) in [6.45, 7) is 9.26. The van der Waals surface area contributed by atoms with Gasteiger partial charge in [0.15, 0.2) is 5.96 Å². The Morgan fingerprint density at radius 1 is 1.21 bits per heavy atom. The highest BCUT2D eigenvalue weighted by atomic mass is 32.1. The molecule has 0 aliphatic rings. The van der Waals surface area contributed by atoms with E-state index in [0.29, 0.717) is 6.54 Å². The first-order valence-corrected chi connectivity index (χ1v) is 10.5. The minimum atomic E-state index is 0.641. The molecule has 0 amide bonds. The van der Waals surface area contributed by atoms with Gasteiger partial charge in [0, 0.05) is 43.8 Å². The van der Waals surface area contributed by atoms with E-state index in [1.165, 1.54) is 11.1 Å². The van der Waals surface area contributed by atoms with Crippen LogP contribution >= 0.6 is 11.3 Å². The van der Waals surface area contributed by atoms with Gasteiger partial charge in [0.2, 0.25) is 0 Å². The Balaban J connectivity index is 1.57. The Morgan fingerprint density at radius 2 is 2.07 bits per heavy atom. The predicted octanol–water partition coefficient (Wildman–Crippen LogP) is 3.30. The van der Waals surface area contributed by atoms with Gasteiger partial charge in [0.05, 0.1) is 17.2 Å². The van der Waals surface area contributed by atoms with Crippen molar-refractivity contribution in [2.75, 3.05) is 13.1 Å². The average molecular weight is 397 g/mol. The molecule has 0 saturated heterocycles. The highest BCUT2D eigenvalue weighted by molar-refractivity contribution is 7.09. The number of thiazole rings is 1. The number of nitrogens with zero attached hydrogens (tertiary/aromatic N) is 4. The zero-order valence-electron chi connectivity index (χ0n) is 16.8. The van der Waals surface area contributed by atoms with Crippen LogP contribution in [0.4, 0.5) is 0 Å². The van der Waals surface area contributed by atoms with Gasteiger partial charge in [0.25, 0.3) is 0 Å². The van der Waals surface area contributed by atoms with Crippen molar-refractivity contribution in [1.29, 1.82) is 0 Å². The van der Waals surface area contributed by atoms with Crippen molar-refractivity contribution in [2.45, 2.75) is 40.3 Å². The summed E-state index contributed by atoms with van der Waals surface area (Å²) < 4.78 is 2.15. The van der Waals surface area contributed by atoms with Crippen LogP contribution in [0.15, 0.2) is 47.0 Å². The van der Waals surface area contributed by atoms with Crippen LogP contribution in [0.2, 0.25) is 0 Å². The standard InChI is InChI=1S/C21H28N6S/c1-4-22-21(24-9-8-20-15-28-17(3)26-20)25-13-18-6-5-7-19(12-18)14-27-11-10-23-16(27)2/h5-7,10-12,15H,4,8-9,13-14H2,1-3H3,(H2,22,24,25). The number of hydrogen-bond donors (Lipinski definition) is 2. The van der Waals surface area contributed by atoms with Crippen LogP contribution in [0.25, 0.3) is 0 Å². The van der Waals surface area contributed by atoms with Gasteiger partial charge in [-0.05, 0) is 31.9 Å². The second-order valence-corrected chi connectivity index (χ2v) is 7.71. The number of imidazole rings is 1. The van der Waals surface area contributed by atoms with Gasteiger partial charge in [-0.1, -0.05) is 24.3 Å². The van der Waals surface area contributed by atoms with Crippen molar-refractivity contribution in [3.8, 4) is 0 Å². The molecule has 0 saturated carbocycles. The van der Waals surface area contributed by atoms with E-state index in [-0.39, 0.29) is 0 Å². The molecule has 3 aromatic rings. The summed E-state index contributed by atoms with van der Waals surface area (Å²) in [4.78, 5) is 13.5. The molecule has 2 heterocycles. The topological polar surface area (TPSA) is 67.1 Å². The van der Waals surface area contributed by atoms with E-state index in [0.717, 1.165) is 48.5 Å². The fraction of sp³-hybridized carbons (Fsp3) is 0.381. The largest absolute Gasteiger partial charge is 0.357 e. The molecule has 0 bridgehead atoms. The van der Waals surface area contributed by atoms with Crippen molar-refractivity contribution in [3.63, 3.8) is 0 Å². The second-order valence-electron chi connectivity index (χ2n) is 6.65. The lowest BCUT2D eigenvalue weighted by molar-refractivity contribution is 0.759. The van der Waals surface area contributed by atoms with Crippen LogP contribution in [0.1, 0.15) is 34.6 Å². The van der Waals surface area contributed by atoms with Gasteiger partial charge < -0.3 is 15.2 Å². The van der Waals surface area contributed by atoms with Gasteiger partial charge in [-0.2, -0.15) is 0 Å². The third-order valence-electron chi connectivity index (χ3n) is 4.37. The smallest absolute Gasteiger partial charge is 0.191 e. The first kappa shape index (κ1) is 20.1. The van der Waals surface area contributed by atoms with Gasteiger partial charge in [-0.25, -0.2) is 15.0 Å². The van der Waals surface area contributed by atoms with Crippen molar-refractivity contribution in [1.82, 2.24) is 25.2 Å². The third-order valence-corrected chi connectivity index (χ3v) is 5.19. The lowest BCUT2D eigenvalue weighted by Gasteiger charge is -2.11. The van der Waals surface area contributed by atoms with E-state index in [4.69, 9.17) is 4.99 Å². The van der Waals surface area contributed by atoms with Gasteiger partial charge >= 0.3 is 0 Å². The zero-order chi connectivity index (χ0) is 19.8. The van der Waals surface area contributed by atoms with Gasteiger partial charge in [-0.15, -0.1) is 11.3 Å². The molecule has 6 nitrogen and oxygen atoms in total. The third kappa shape index (κ3) is 5.92. The van der Waals surface area contributed by atoms with E-state index in [1.807, 2.05) is 26.2 Å². The molecule has 0 unspecified atom stereocenters. The number of aliphatic imine (C=N–C) groups is 1. The zero-order valence-corrected chi connectivity index (χ0v) is 17.6. The number of guanidine groups is 1. The molecule has 0 spiro atoms.